The van der Waals surface area contributed by atoms with Crippen LogP contribution in [0, 0.1) is 0 Å². The van der Waals surface area contributed by atoms with Crippen LogP contribution in [0.1, 0.15) is 18.9 Å². The maximum absolute atomic E-state index is 5.82. The van der Waals surface area contributed by atoms with Crippen LogP contribution in [0.25, 0.3) is 0 Å². The van der Waals surface area contributed by atoms with E-state index in [0.29, 0.717) is 13.2 Å². The van der Waals surface area contributed by atoms with Crippen LogP contribution in [0.2, 0.25) is 0 Å². The summed E-state index contributed by atoms with van der Waals surface area (Å²) in [6, 6.07) is 4.08. The Morgan fingerprint density at radius 1 is 1.28 bits per heavy atom. The molecule has 1 aromatic carbocycles. The van der Waals surface area contributed by atoms with Crippen LogP contribution in [0.3, 0.4) is 0 Å². The quantitative estimate of drug-likeness (QED) is 0.460. The molecular weight excluding hydrogens is 380 g/mol. The van der Waals surface area contributed by atoms with Gasteiger partial charge < -0.3 is 9.47 Å². The highest BCUT2D eigenvalue weighted by atomic mass is 79.9. The van der Waals surface area contributed by atoms with Gasteiger partial charge in [0.15, 0.2) is 11.5 Å². The van der Waals surface area contributed by atoms with Gasteiger partial charge in [-0.05, 0) is 59.0 Å². The third kappa shape index (κ3) is 5.02. The molecule has 0 atom stereocenters. The summed E-state index contributed by atoms with van der Waals surface area (Å²) >= 11 is 8.83. The van der Waals surface area contributed by atoms with E-state index in [0.717, 1.165) is 33.5 Å². The number of halogens is 2. The summed E-state index contributed by atoms with van der Waals surface area (Å²) in [5.41, 5.74) is 1.17. The number of alkyl halides is 1. The predicted molar refractivity (Wildman–Crippen MR) is 86.4 cm³/mol. The molecule has 0 saturated heterocycles. The molecule has 2 nitrogen and oxygen atoms in total. The van der Waals surface area contributed by atoms with Crippen molar-refractivity contribution in [2.24, 2.45) is 0 Å². The second kappa shape index (κ2) is 9.10. The smallest absolute Gasteiger partial charge is 0.175 e. The van der Waals surface area contributed by atoms with Gasteiger partial charge in [-0.2, -0.15) is 11.8 Å². The SMILES string of the molecule is CCOc1cc(CBr)cc(Br)c1OCCCSC. The van der Waals surface area contributed by atoms with Crippen LogP contribution in [0.15, 0.2) is 16.6 Å². The summed E-state index contributed by atoms with van der Waals surface area (Å²) in [6.07, 6.45) is 3.14. The van der Waals surface area contributed by atoms with Gasteiger partial charge in [0.1, 0.15) is 0 Å². The summed E-state index contributed by atoms with van der Waals surface area (Å²) in [5, 5.41) is 0.804. The second-order valence-electron chi connectivity index (χ2n) is 3.67. The molecule has 0 aliphatic carbocycles. The maximum Gasteiger partial charge on any atom is 0.175 e. The van der Waals surface area contributed by atoms with Gasteiger partial charge in [0, 0.05) is 5.33 Å². The van der Waals surface area contributed by atoms with Crippen molar-refractivity contribution in [2.45, 2.75) is 18.7 Å². The number of hydrogen-bond donors (Lipinski definition) is 0. The van der Waals surface area contributed by atoms with Crippen molar-refractivity contribution in [1.29, 1.82) is 0 Å². The number of rotatable bonds is 8. The predicted octanol–water partition coefficient (Wildman–Crippen LogP) is 4.87. The standard InChI is InChI=1S/C13H18Br2O2S/c1-3-16-12-8-10(9-14)7-11(15)13(12)17-5-4-6-18-2/h7-8H,3-6,9H2,1-2H3. The Hall–Kier alpha value is 0.130. The van der Waals surface area contributed by atoms with Gasteiger partial charge in [0.25, 0.3) is 0 Å². The molecule has 0 aromatic heterocycles. The van der Waals surface area contributed by atoms with Crippen LogP contribution >= 0.6 is 43.6 Å². The molecule has 0 spiro atoms. The second-order valence-corrected chi connectivity index (χ2v) is 6.07. The molecule has 0 bridgehead atoms. The molecule has 1 rings (SSSR count). The van der Waals surface area contributed by atoms with Crippen molar-refractivity contribution in [3.05, 3.63) is 22.2 Å². The largest absolute Gasteiger partial charge is 0.490 e. The molecule has 5 heteroatoms. The first-order valence-corrected chi connectivity index (χ1v) is 9.16. The first kappa shape index (κ1) is 16.2. The summed E-state index contributed by atoms with van der Waals surface area (Å²) in [6.45, 7) is 3.33. The van der Waals surface area contributed by atoms with Gasteiger partial charge in [-0.25, -0.2) is 0 Å². The molecule has 102 valence electrons. The monoisotopic (exact) mass is 396 g/mol. The third-order valence-electron chi connectivity index (χ3n) is 2.26. The average molecular weight is 398 g/mol. The highest BCUT2D eigenvalue weighted by molar-refractivity contribution is 9.10. The first-order valence-electron chi connectivity index (χ1n) is 5.85. The first-order chi connectivity index (χ1) is 8.72. The molecule has 0 saturated carbocycles. The Morgan fingerprint density at radius 3 is 2.67 bits per heavy atom. The summed E-state index contributed by atoms with van der Waals surface area (Å²) in [5.74, 6) is 2.73. The Bertz CT molecular complexity index is 372. The molecular formula is C13H18Br2O2S. The zero-order chi connectivity index (χ0) is 13.4. The number of hydrogen-bond acceptors (Lipinski definition) is 3. The lowest BCUT2D eigenvalue weighted by molar-refractivity contribution is 0.276. The van der Waals surface area contributed by atoms with Crippen LogP contribution in [-0.4, -0.2) is 25.2 Å². The Labute approximate surface area is 130 Å². The van der Waals surface area contributed by atoms with Crippen molar-refractivity contribution >= 4 is 43.6 Å². The van der Waals surface area contributed by atoms with E-state index in [-0.39, 0.29) is 0 Å². The fourth-order valence-electron chi connectivity index (χ4n) is 1.48. The molecule has 0 aliphatic heterocycles. The van der Waals surface area contributed by atoms with Crippen molar-refractivity contribution < 1.29 is 9.47 Å². The van der Waals surface area contributed by atoms with Gasteiger partial charge in [0.2, 0.25) is 0 Å². The number of thioether (sulfide) groups is 1. The minimum atomic E-state index is 0.638. The van der Waals surface area contributed by atoms with E-state index >= 15 is 0 Å². The number of benzene rings is 1. The molecule has 0 heterocycles. The van der Waals surface area contributed by atoms with Crippen molar-refractivity contribution in [3.8, 4) is 11.5 Å². The summed E-state index contributed by atoms with van der Waals surface area (Å²) in [7, 11) is 0. The molecule has 0 amide bonds. The van der Waals surface area contributed by atoms with Gasteiger partial charge in [-0.1, -0.05) is 15.9 Å². The van der Waals surface area contributed by atoms with Crippen molar-refractivity contribution in [1.82, 2.24) is 0 Å². The van der Waals surface area contributed by atoms with E-state index in [9.17, 15) is 0 Å². The van der Waals surface area contributed by atoms with E-state index < -0.39 is 0 Å². The Balaban J connectivity index is 2.79. The zero-order valence-electron chi connectivity index (χ0n) is 10.7. The van der Waals surface area contributed by atoms with E-state index in [4.69, 9.17) is 9.47 Å². The molecule has 0 aliphatic rings. The van der Waals surface area contributed by atoms with E-state index in [1.807, 2.05) is 24.8 Å². The van der Waals surface area contributed by atoms with Gasteiger partial charge in [-0.3, -0.25) is 0 Å². The highest BCUT2D eigenvalue weighted by Crippen LogP contribution is 2.37. The molecule has 18 heavy (non-hydrogen) atoms. The normalized spacial score (nSPS) is 10.4. The van der Waals surface area contributed by atoms with Crippen LogP contribution in [0.5, 0.6) is 11.5 Å². The van der Waals surface area contributed by atoms with Gasteiger partial charge in [0.05, 0.1) is 17.7 Å². The van der Waals surface area contributed by atoms with Gasteiger partial charge in [-0.15, -0.1) is 0 Å². The van der Waals surface area contributed by atoms with E-state index in [1.165, 1.54) is 5.56 Å². The molecule has 0 N–H and O–H groups in total. The molecule has 0 unspecified atom stereocenters. The van der Waals surface area contributed by atoms with Gasteiger partial charge >= 0.3 is 0 Å². The minimum absolute atomic E-state index is 0.638. The zero-order valence-corrected chi connectivity index (χ0v) is 14.7. The Kier molecular flexibility index (Phi) is 8.18. The average Bonchev–Trinajstić information content (AvgIpc) is 2.37. The van der Waals surface area contributed by atoms with Crippen LogP contribution in [0.4, 0.5) is 0 Å². The third-order valence-corrected chi connectivity index (χ3v) is 4.20. The summed E-state index contributed by atoms with van der Waals surface area (Å²) < 4.78 is 12.4. The molecule has 0 fully saturated rings. The van der Waals surface area contributed by atoms with Crippen molar-refractivity contribution in [3.63, 3.8) is 0 Å². The lowest BCUT2D eigenvalue weighted by Gasteiger charge is -2.14. The lowest BCUT2D eigenvalue weighted by Crippen LogP contribution is -2.03. The lowest BCUT2D eigenvalue weighted by atomic mass is 10.2. The van der Waals surface area contributed by atoms with E-state index in [2.05, 4.69) is 44.2 Å². The van der Waals surface area contributed by atoms with Crippen LogP contribution in [-0.2, 0) is 5.33 Å². The van der Waals surface area contributed by atoms with E-state index in [1.54, 1.807) is 0 Å². The van der Waals surface area contributed by atoms with Crippen LogP contribution < -0.4 is 9.47 Å². The maximum atomic E-state index is 5.82. The fraction of sp³-hybridized carbons (Fsp3) is 0.538. The Morgan fingerprint density at radius 2 is 2.06 bits per heavy atom. The van der Waals surface area contributed by atoms with Crippen molar-refractivity contribution in [2.75, 3.05) is 25.2 Å². The fourth-order valence-corrected chi connectivity index (χ4v) is 2.81. The number of ether oxygens (including phenoxy) is 2. The topological polar surface area (TPSA) is 18.5 Å². The molecule has 0 radical (unpaired) electrons. The molecule has 1 aromatic rings. The highest BCUT2D eigenvalue weighted by Gasteiger charge is 2.11. The minimum Gasteiger partial charge on any atom is -0.490 e. The summed E-state index contributed by atoms with van der Waals surface area (Å²) in [4.78, 5) is 0.